The third-order valence-electron chi connectivity index (χ3n) is 3.28. The number of aromatic nitrogens is 2. The van der Waals surface area contributed by atoms with E-state index in [9.17, 15) is 9.18 Å². The lowest BCUT2D eigenvalue weighted by molar-refractivity contribution is 0.249. The number of carbonyl (C=O) groups is 1. The molecule has 2 N–H and O–H groups in total. The zero-order valence-corrected chi connectivity index (χ0v) is 13.0. The minimum Gasteiger partial charge on any atom is -0.478 e. The largest absolute Gasteiger partial charge is 0.478 e. The molecule has 0 aliphatic carbocycles. The van der Waals surface area contributed by atoms with Crippen molar-refractivity contribution >= 4 is 11.7 Å². The molecule has 1 aromatic heterocycles. The molecular formula is C15H19FN4O2. The van der Waals surface area contributed by atoms with Gasteiger partial charge in [0.2, 0.25) is 0 Å². The van der Waals surface area contributed by atoms with Gasteiger partial charge in [0.05, 0.1) is 19.3 Å². The van der Waals surface area contributed by atoms with Crippen LogP contribution < -0.4 is 15.4 Å². The first kappa shape index (κ1) is 15.8. The Balaban J connectivity index is 2.05. The summed E-state index contributed by atoms with van der Waals surface area (Å²) >= 11 is 0. The summed E-state index contributed by atoms with van der Waals surface area (Å²) in [6.45, 7) is 3.64. The van der Waals surface area contributed by atoms with Gasteiger partial charge >= 0.3 is 6.03 Å². The van der Waals surface area contributed by atoms with Crippen LogP contribution in [0, 0.1) is 12.7 Å². The molecule has 6 nitrogen and oxygen atoms in total. The predicted molar refractivity (Wildman–Crippen MR) is 81.5 cm³/mol. The number of halogens is 1. The van der Waals surface area contributed by atoms with Crippen molar-refractivity contribution in [3.63, 3.8) is 0 Å². The Labute approximate surface area is 128 Å². The Morgan fingerprint density at radius 3 is 2.82 bits per heavy atom. The minimum absolute atomic E-state index is 0.261. The average Bonchev–Trinajstić information content (AvgIpc) is 2.78. The first-order valence-corrected chi connectivity index (χ1v) is 6.82. The molecular weight excluding hydrogens is 287 g/mol. The van der Waals surface area contributed by atoms with Gasteiger partial charge in [-0.25, -0.2) is 9.18 Å². The summed E-state index contributed by atoms with van der Waals surface area (Å²) in [5.41, 5.74) is 2.12. The summed E-state index contributed by atoms with van der Waals surface area (Å²) in [4.78, 5) is 12.1. The van der Waals surface area contributed by atoms with Crippen LogP contribution in [-0.2, 0) is 7.05 Å². The second kappa shape index (κ2) is 6.46. The van der Waals surface area contributed by atoms with E-state index in [1.165, 1.54) is 19.2 Å². The molecule has 0 radical (unpaired) electrons. The first-order valence-electron chi connectivity index (χ1n) is 6.82. The summed E-state index contributed by atoms with van der Waals surface area (Å²) < 4.78 is 19.7. The van der Waals surface area contributed by atoms with Crippen molar-refractivity contribution in [1.29, 1.82) is 0 Å². The van der Waals surface area contributed by atoms with Crippen molar-refractivity contribution in [3.8, 4) is 5.88 Å². The number of hydrogen-bond acceptors (Lipinski definition) is 3. The highest BCUT2D eigenvalue weighted by Gasteiger charge is 2.15. The van der Waals surface area contributed by atoms with E-state index in [4.69, 9.17) is 4.74 Å². The second-order valence-electron chi connectivity index (χ2n) is 5.05. The van der Waals surface area contributed by atoms with Gasteiger partial charge < -0.3 is 15.4 Å². The molecule has 7 heteroatoms. The van der Waals surface area contributed by atoms with Gasteiger partial charge in [0, 0.05) is 7.05 Å². The van der Waals surface area contributed by atoms with Crippen LogP contribution in [0.1, 0.15) is 24.1 Å². The molecule has 0 saturated heterocycles. The number of aryl methyl sites for hydroxylation is 2. The number of carbonyl (C=O) groups excluding carboxylic acids is 1. The lowest BCUT2D eigenvalue weighted by atomic mass is 10.0. The lowest BCUT2D eigenvalue weighted by Crippen LogP contribution is -2.31. The molecule has 0 bridgehead atoms. The summed E-state index contributed by atoms with van der Waals surface area (Å²) in [6, 6.07) is 3.84. The molecule has 1 aromatic carbocycles. The van der Waals surface area contributed by atoms with Crippen LogP contribution in [0.5, 0.6) is 5.88 Å². The normalized spacial score (nSPS) is 11.9. The van der Waals surface area contributed by atoms with Gasteiger partial charge in [0.25, 0.3) is 5.88 Å². The Morgan fingerprint density at radius 1 is 1.45 bits per heavy atom. The summed E-state index contributed by atoms with van der Waals surface area (Å²) in [5, 5.41) is 9.54. The van der Waals surface area contributed by atoms with E-state index >= 15 is 0 Å². The highest BCUT2D eigenvalue weighted by atomic mass is 19.1. The summed E-state index contributed by atoms with van der Waals surface area (Å²) in [5.74, 6) is 0.0428. The number of ether oxygens (including phenoxy) is 1. The van der Waals surface area contributed by atoms with E-state index in [1.54, 1.807) is 30.9 Å². The highest BCUT2D eigenvalue weighted by molar-refractivity contribution is 5.90. The molecule has 0 aliphatic rings. The fraction of sp³-hybridized carbons (Fsp3) is 0.333. The van der Waals surface area contributed by atoms with E-state index in [0.717, 1.165) is 11.1 Å². The van der Waals surface area contributed by atoms with Crippen LogP contribution in [0.4, 0.5) is 14.9 Å². The Kier molecular flexibility index (Phi) is 4.65. The topological polar surface area (TPSA) is 68.2 Å². The van der Waals surface area contributed by atoms with Crippen LogP contribution in [0.2, 0.25) is 0 Å². The number of methoxy groups -OCH3 is 1. The molecule has 2 rings (SSSR count). The van der Waals surface area contributed by atoms with Crippen molar-refractivity contribution in [2.75, 3.05) is 12.4 Å². The molecule has 2 aromatic rings. The third-order valence-corrected chi connectivity index (χ3v) is 3.28. The lowest BCUT2D eigenvalue weighted by Gasteiger charge is -2.17. The van der Waals surface area contributed by atoms with Gasteiger partial charge in [0.1, 0.15) is 11.5 Å². The maximum atomic E-state index is 13.1. The second-order valence-corrected chi connectivity index (χ2v) is 5.05. The third kappa shape index (κ3) is 3.55. The first-order chi connectivity index (χ1) is 10.4. The maximum absolute atomic E-state index is 13.1. The maximum Gasteiger partial charge on any atom is 0.319 e. The van der Waals surface area contributed by atoms with E-state index in [2.05, 4.69) is 15.7 Å². The molecule has 1 atom stereocenters. The Bertz CT molecular complexity index is 684. The Morgan fingerprint density at radius 2 is 2.18 bits per heavy atom. The van der Waals surface area contributed by atoms with Crippen molar-refractivity contribution in [2.45, 2.75) is 19.9 Å². The van der Waals surface area contributed by atoms with E-state index in [0.29, 0.717) is 11.6 Å². The molecule has 22 heavy (non-hydrogen) atoms. The molecule has 0 saturated carbocycles. The monoisotopic (exact) mass is 306 g/mol. The minimum atomic E-state index is -0.387. The van der Waals surface area contributed by atoms with Gasteiger partial charge in [-0.05, 0) is 37.1 Å². The number of nitrogens with one attached hydrogen (secondary N) is 2. The SMILES string of the molecule is COc1nn(C)cc1NC(=O)N[C@@H](C)c1ccc(F)cc1C. The number of anilines is 1. The fourth-order valence-electron chi connectivity index (χ4n) is 2.26. The summed E-state index contributed by atoms with van der Waals surface area (Å²) in [6.07, 6.45) is 1.65. The van der Waals surface area contributed by atoms with E-state index in [-0.39, 0.29) is 17.9 Å². The van der Waals surface area contributed by atoms with Crippen molar-refractivity contribution < 1.29 is 13.9 Å². The number of hydrogen-bond donors (Lipinski definition) is 2. The quantitative estimate of drug-likeness (QED) is 0.912. The summed E-state index contributed by atoms with van der Waals surface area (Å²) in [7, 11) is 3.21. The number of urea groups is 1. The fourth-order valence-corrected chi connectivity index (χ4v) is 2.26. The van der Waals surface area contributed by atoms with Crippen molar-refractivity contribution in [2.24, 2.45) is 7.05 Å². The van der Waals surface area contributed by atoms with Crippen molar-refractivity contribution in [1.82, 2.24) is 15.1 Å². The van der Waals surface area contributed by atoms with Gasteiger partial charge in [0.15, 0.2) is 0 Å². The number of benzene rings is 1. The van der Waals surface area contributed by atoms with Gasteiger partial charge in [-0.1, -0.05) is 6.07 Å². The zero-order chi connectivity index (χ0) is 16.3. The van der Waals surface area contributed by atoms with Gasteiger partial charge in [-0.15, -0.1) is 5.10 Å². The number of amides is 2. The number of rotatable bonds is 4. The average molecular weight is 306 g/mol. The molecule has 0 fully saturated rings. The van der Waals surface area contributed by atoms with Gasteiger partial charge in [-0.2, -0.15) is 0 Å². The molecule has 0 spiro atoms. The Hall–Kier alpha value is -2.57. The molecule has 1 heterocycles. The van der Waals surface area contributed by atoms with Crippen LogP contribution in [0.3, 0.4) is 0 Å². The molecule has 0 unspecified atom stereocenters. The van der Waals surface area contributed by atoms with Crippen molar-refractivity contribution in [3.05, 3.63) is 41.3 Å². The van der Waals surface area contributed by atoms with E-state index in [1.807, 2.05) is 6.92 Å². The van der Waals surface area contributed by atoms with E-state index < -0.39 is 0 Å². The molecule has 118 valence electrons. The van der Waals surface area contributed by atoms with Crippen LogP contribution >= 0.6 is 0 Å². The van der Waals surface area contributed by atoms with Crippen LogP contribution in [-0.4, -0.2) is 22.9 Å². The van der Waals surface area contributed by atoms with Gasteiger partial charge in [-0.3, -0.25) is 4.68 Å². The zero-order valence-electron chi connectivity index (χ0n) is 13.0. The highest BCUT2D eigenvalue weighted by Crippen LogP contribution is 2.22. The predicted octanol–water partition coefficient (Wildman–Crippen LogP) is 2.76. The standard InChI is InChI=1S/C15H19FN4O2/c1-9-7-11(16)5-6-12(9)10(2)17-15(21)18-13-8-20(3)19-14(13)22-4/h5-8,10H,1-4H3,(H2,17,18,21)/t10-/m0/s1. The molecule has 2 amide bonds. The smallest absolute Gasteiger partial charge is 0.319 e. The van der Waals surface area contributed by atoms with Crippen LogP contribution in [0.15, 0.2) is 24.4 Å². The van der Waals surface area contributed by atoms with Crippen LogP contribution in [0.25, 0.3) is 0 Å². The molecule has 0 aliphatic heterocycles. The number of nitrogens with zero attached hydrogens (tertiary/aromatic N) is 2.